The normalized spacial score (nSPS) is 11.4. The molecule has 0 aliphatic carbocycles. The van der Waals surface area contributed by atoms with Crippen molar-refractivity contribution in [2.24, 2.45) is 5.10 Å². The van der Waals surface area contributed by atoms with E-state index in [-0.39, 0.29) is 23.1 Å². The van der Waals surface area contributed by atoms with Crippen LogP contribution in [-0.4, -0.2) is 40.4 Å². The summed E-state index contributed by atoms with van der Waals surface area (Å²) >= 11 is 0. The van der Waals surface area contributed by atoms with E-state index in [4.69, 9.17) is 10.5 Å². The van der Waals surface area contributed by atoms with Crippen molar-refractivity contribution in [1.29, 1.82) is 0 Å². The first kappa shape index (κ1) is 23.0. The van der Waals surface area contributed by atoms with E-state index in [0.29, 0.717) is 40.7 Å². The van der Waals surface area contributed by atoms with Crippen molar-refractivity contribution in [2.45, 2.75) is 6.42 Å². The zero-order chi connectivity index (χ0) is 25.1. The van der Waals surface area contributed by atoms with Crippen LogP contribution in [0.5, 0.6) is 5.75 Å². The van der Waals surface area contributed by atoms with Crippen LogP contribution in [0.25, 0.3) is 22.2 Å². The molecule has 1 amide bonds. The second-order valence-electron chi connectivity index (χ2n) is 8.11. The smallest absolute Gasteiger partial charge is 0.257 e. The molecule has 3 aromatic carbocycles. The number of nitrogen functional groups attached to an aromatic ring is 1. The highest BCUT2D eigenvalue weighted by atomic mass is 19.1. The molecule has 0 fully saturated rings. The minimum Gasteiger partial charge on any atom is -0.497 e. The molecule has 0 saturated heterocycles. The van der Waals surface area contributed by atoms with Gasteiger partial charge in [0.2, 0.25) is 0 Å². The number of amides is 1. The average Bonchev–Trinajstić information content (AvgIpc) is 3.17. The number of halogens is 1. The molecule has 5 rings (SSSR count). The van der Waals surface area contributed by atoms with Crippen molar-refractivity contribution in [3.05, 3.63) is 95.3 Å². The Morgan fingerprint density at radius 2 is 1.75 bits per heavy atom. The lowest BCUT2D eigenvalue weighted by Gasteiger charge is -2.06. The minimum absolute atomic E-state index is 0.112. The molecule has 2 heterocycles. The summed E-state index contributed by atoms with van der Waals surface area (Å²) < 4.78 is 19.8. The maximum Gasteiger partial charge on any atom is 0.257 e. The maximum absolute atomic E-state index is 13.3. The van der Waals surface area contributed by atoms with Gasteiger partial charge < -0.3 is 15.8 Å². The standard InChI is InChI=1S/C27H23FN6O2/c1-36-20-12-8-17(9-13-20)14-15-30-27(35)23-24-26(33-22-5-3-2-4-21(22)32-24)34(25(23)29)31-16-18-6-10-19(28)11-7-18/h2-13,16H,14-15,29H2,1H3,(H,30,35)/b31-16+. The second-order valence-corrected chi connectivity index (χ2v) is 8.11. The number of benzene rings is 3. The highest BCUT2D eigenvalue weighted by molar-refractivity contribution is 6.10. The van der Waals surface area contributed by atoms with Crippen LogP contribution in [0, 0.1) is 5.82 Å². The Balaban J connectivity index is 1.48. The number of nitrogens with one attached hydrogen (secondary N) is 1. The molecule has 5 aromatic rings. The number of carbonyl (C=O) groups excluding carboxylic acids is 1. The van der Waals surface area contributed by atoms with E-state index in [0.717, 1.165) is 11.3 Å². The van der Waals surface area contributed by atoms with Crippen LogP contribution in [-0.2, 0) is 6.42 Å². The van der Waals surface area contributed by atoms with Gasteiger partial charge in [0.15, 0.2) is 5.65 Å². The molecular formula is C27H23FN6O2. The monoisotopic (exact) mass is 482 g/mol. The van der Waals surface area contributed by atoms with Gasteiger partial charge in [0, 0.05) is 6.54 Å². The Morgan fingerprint density at radius 3 is 2.44 bits per heavy atom. The average molecular weight is 483 g/mol. The molecule has 180 valence electrons. The topological polar surface area (TPSA) is 107 Å². The summed E-state index contributed by atoms with van der Waals surface area (Å²) in [6, 6.07) is 20.9. The third-order valence-electron chi connectivity index (χ3n) is 5.75. The predicted octanol–water partition coefficient (Wildman–Crippen LogP) is 4.17. The van der Waals surface area contributed by atoms with Crippen molar-refractivity contribution >= 4 is 40.1 Å². The molecular weight excluding hydrogens is 459 g/mol. The molecule has 36 heavy (non-hydrogen) atoms. The third-order valence-corrected chi connectivity index (χ3v) is 5.75. The molecule has 0 aliphatic heterocycles. The van der Waals surface area contributed by atoms with Crippen LogP contribution < -0.4 is 15.8 Å². The Morgan fingerprint density at radius 1 is 1.06 bits per heavy atom. The number of ether oxygens (including phenoxy) is 1. The molecule has 0 atom stereocenters. The first-order chi connectivity index (χ1) is 17.5. The Hall–Kier alpha value is -4.79. The molecule has 0 spiro atoms. The van der Waals surface area contributed by atoms with E-state index in [1.54, 1.807) is 19.2 Å². The van der Waals surface area contributed by atoms with Crippen LogP contribution in [0.1, 0.15) is 21.5 Å². The SMILES string of the molecule is COc1ccc(CCNC(=O)c2c(N)n(/N=C/c3ccc(F)cc3)c3nc4ccccc4nc23)cc1. The number of hydrogen-bond donors (Lipinski definition) is 2. The van der Waals surface area contributed by atoms with E-state index in [1.807, 2.05) is 48.5 Å². The lowest BCUT2D eigenvalue weighted by molar-refractivity contribution is 0.0956. The van der Waals surface area contributed by atoms with Gasteiger partial charge in [-0.2, -0.15) is 9.78 Å². The number of para-hydroxylation sites is 2. The largest absolute Gasteiger partial charge is 0.497 e. The Bertz CT molecular complexity index is 1580. The lowest BCUT2D eigenvalue weighted by atomic mass is 10.1. The first-order valence-electron chi connectivity index (χ1n) is 11.3. The number of nitrogens with zero attached hydrogens (tertiary/aromatic N) is 4. The fraction of sp³-hybridized carbons (Fsp3) is 0.111. The van der Waals surface area contributed by atoms with Crippen molar-refractivity contribution in [3.63, 3.8) is 0 Å². The Kier molecular flexibility index (Phi) is 6.27. The first-order valence-corrected chi connectivity index (χ1v) is 11.3. The van der Waals surface area contributed by atoms with E-state index in [1.165, 1.54) is 23.0 Å². The van der Waals surface area contributed by atoms with E-state index < -0.39 is 0 Å². The summed E-state index contributed by atoms with van der Waals surface area (Å²) in [5.41, 5.74) is 10.3. The predicted molar refractivity (Wildman–Crippen MR) is 138 cm³/mol. The molecule has 2 aromatic heterocycles. The van der Waals surface area contributed by atoms with Gasteiger partial charge in [0.1, 0.15) is 28.5 Å². The summed E-state index contributed by atoms with van der Waals surface area (Å²) in [5.74, 6) is 0.173. The van der Waals surface area contributed by atoms with Crippen molar-refractivity contribution in [2.75, 3.05) is 19.4 Å². The molecule has 0 unspecified atom stereocenters. The number of carbonyl (C=O) groups is 1. The number of fused-ring (bicyclic) bond motifs is 2. The molecule has 9 heteroatoms. The molecule has 0 radical (unpaired) electrons. The highest BCUT2D eigenvalue weighted by Crippen LogP contribution is 2.28. The van der Waals surface area contributed by atoms with Crippen LogP contribution in [0.15, 0.2) is 77.9 Å². The van der Waals surface area contributed by atoms with Crippen molar-refractivity contribution in [1.82, 2.24) is 20.0 Å². The van der Waals surface area contributed by atoms with Crippen molar-refractivity contribution in [3.8, 4) is 5.75 Å². The van der Waals surface area contributed by atoms with Crippen LogP contribution in [0.4, 0.5) is 10.2 Å². The van der Waals surface area contributed by atoms with E-state index in [2.05, 4.69) is 20.4 Å². The van der Waals surface area contributed by atoms with Crippen molar-refractivity contribution < 1.29 is 13.9 Å². The molecule has 8 nitrogen and oxygen atoms in total. The number of hydrogen-bond acceptors (Lipinski definition) is 6. The van der Waals surface area contributed by atoms with Gasteiger partial charge in [-0.05, 0) is 53.9 Å². The van der Waals surface area contributed by atoms with E-state index >= 15 is 0 Å². The summed E-state index contributed by atoms with van der Waals surface area (Å²) in [5, 5.41) is 7.36. The number of anilines is 1. The third kappa shape index (κ3) is 4.58. The quantitative estimate of drug-likeness (QED) is 0.339. The minimum atomic E-state index is -0.369. The fourth-order valence-electron chi connectivity index (χ4n) is 3.86. The fourth-order valence-corrected chi connectivity index (χ4v) is 3.86. The summed E-state index contributed by atoms with van der Waals surface area (Å²) in [7, 11) is 1.62. The molecule has 0 bridgehead atoms. The van der Waals surface area contributed by atoms with Gasteiger partial charge in [-0.1, -0.05) is 36.4 Å². The zero-order valence-corrected chi connectivity index (χ0v) is 19.5. The van der Waals surface area contributed by atoms with Crippen LogP contribution >= 0.6 is 0 Å². The molecule has 3 N–H and O–H groups in total. The summed E-state index contributed by atoms with van der Waals surface area (Å²) in [6.45, 7) is 0.400. The van der Waals surface area contributed by atoms with Gasteiger partial charge in [0.05, 0.1) is 24.4 Å². The summed E-state index contributed by atoms with van der Waals surface area (Å²) in [6.07, 6.45) is 2.16. The number of rotatable bonds is 7. The van der Waals surface area contributed by atoms with Gasteiger partial charge in [-0.15, -0.1) is 0 Å². The maximum atomic E-state index is 13.3. The number of aromatic nitrogens is 3. The van der Waals surface area contributed by atoms with E-state index in [9.17, 15) is 9.18 Å². The number of nitrogens with two attached hydrogens (primary N) is 1. The van der Waals surface area contributed by atoms with Gasteiger partial charge in [0.25, 0.3) is 5.91 Å². The lowest BCUT2D eigenvalue weighted by Crippen LogP contribution is -2.26. The van der Waals surface area contributed by atoms with Gasteiger partial charge >= 0.3 is 0 Å². The van der Waals surface area contributed by atoms with Gasteiger partial charge in [-0.3, -0.25) is 4.79 Å². The summed E-state index contributed by atoms with van der Waals surface area (Å²) in [4.78, 5) is 22.6. The number of methoxy groups -OCH3 is 1. The molecule has 0 aliphatic rings. The van der Waals surface area contributed by atoms with Crippen LogP contribution in [0.2, 0.25) is 0 Å². The van der Waals surface area contributed by atoms with Gasteiger partial charge in [-0.25, -0.2) is 14.4 Å². The van der Waals surface area contributed by atoms with Crippen LogP contribution in [0.3, 0.4) is 0 Å². The highest BCUT2D eigenvalue weighted by Gasteiger charge is 2.24. The second kappa shape index (κ2) is 9.83. The zero-order valence-electron chi connectivity index (χ0n) is 19.5. The Labute approximate surface area is 206 Å². The molecule has 0 saturated carbocycles.